The summed E-state index contributed by atoms with van der Waals surface area (Å²) in [7, 11) is 0. The summed E-state index contributed by atoms with van der Waals surface area (Å²) in [5, 5.41) is 0. The Morgan fingerprint density at radius 3 is 1.54 bits per heavy atom. The number of rotatable bonds is 7. The molecule has 0 unspecified atom stereocenters. The van der Waals surface area contributed by atoms with Crippen molar-refractivity contribution in [2.45, 2.75) is 20.5 Å². The molecule has 2 aliphatic rings. The number of hydrogen-bond acceptors (Lipinski definition) is 8. The highest BCUT2D eigenvalue weighted by Gasteiger charge is 2.30. The van der Waals surface area contributed by atoms with Gasteiger partial charge >= 0.3 is 5.97 Å². The largest absolute Gasteiger partial charge is 0.489 e. The zero-order chi connectivity index (χ0) is 29.7. The van der Waals surface area contributed by atoms with Gasteiger partial charge in [-0.3, -0.25) is 19.2 Å². The number of benzene rings is 3. The standard InChI is InChI=1S/C30H22N2O7.CH2O/c1-18-15-26(33)31(28(18)35)22-7-3-20(4-8-22)17-38-24-11-13-25(14-12-24)39-30(37)21-5-9-23(10-6-21)32-27(34)16-19(2)29(32)36;1-2/h3-16H,17H2,1-2H3;1H2. The van der Waals surface area contributed by atoms with E-state index in [-0.39, 0.29) is 24.0 Å². The van der Waals surface area contributed by atoms with E-state index in [1.165, 1.54) is 36.4 Å². The lowest BCUT2D eigenvalue weighted by Crippen LogP contribution is -2.30. The summed E-state index contributed by atoms with van der Waals surface area (Å²) in [5.41, 5.74) is 2.72. The molecule has 0 N–H and O–H groups in total. The lowest BCUT2D eigenvalue weighted by Gasteiger charge is -2.15. The number of anilines is 2. The van der Waals surface area contributed by atoms with Crippen LogP contribution in [0.4, 0.5) is 11.4 Å². The molecule has 0 spiro atoms. The molecule has 3 aromatic rings. The molecule has 0 saturated carbocycles. The van der Waals surface area contributed by atoms with Crippen LogP contribution in [0.3, 0.4) is 0 Å². The van der Waals surface area contributed by atoms with Crippen molar-refractivity contribution in [1.82, 2.24) is 0 Å². The van der Waals surface area contributed by atoms with Gasteiger partial charge in [0.25, 0.3) is 23.6 Å². The van der Waals surface area contributed by atoms with Gasteiger partial charge in [-0.15, -0.1) is 0 Å². The lowest BCUT2D eigenvalue weighted by molar-refractivity contribution is -0.121. The Balaban J connectivity index is 0.00000189. The summed E-state index contributed by atoms with van der Waals surface area (Å²) in [5.74, 6) is -1.23. The zero-order valence-electron chi connectivity index (χ0n) is 22.2. The highest BCUT2D eigenvalue weighted by atomic mass is 16.5. The van der Waals surface area contributed by atoms with E-state index in [1.54, 1.807) is 62.4 Å². The van der Waals surface area contributed by atoms with Gasteiger partial charge in [-0.25, -0.2) is 14.6 Å². The van der Waals surface area contributed by atoms with E-state index in [1.807, 2.05) is 6.79 Å². The van der Waals surface area contributed by atoms with Crippen molar-refractivity contribution in [3.05, 3.63) is 107 Å². The van der Waals surface area contributed by atoms with Gasteiger partial charge in [0.2, 0.25) is 0 Å². The van der Waals surface area contributed by atoms with Gasteiger partial charge in [-0.1, -0.05) is 12.1 Å². The van der Waals surface area contributed by atoms with Crippen molar-refractivity contribution in [1.29, 1.82) is 0 Å². The highest BCUT2D eigenvalue weighted by molar-refractivity contribution is 6.31. The average molecular weight is 553 g/mol. The molecule has 3 aromatic carbocycles. The fourth-order valence-corrected chi connectivity index (χ4v) is 4.09. The summed E-state index contributed by atoms with van der Waals surface area (Å²) < 4.78 is 11.2. The quantitative estimate of drug-likeness (QED) is 0.245. The molecule has 0 atom stereocenters. The highest BCUT2D eigenvalue weighted by Crippen LogP contribution is 2.25. The number of esters is 1. The van der Waals surface area contributed by atoms with Gasteiger partial charge in [0, 0.05) is 23.3 Å². The molecular formula is C31H24N2O8. The smallest absolute Gasteiger partial charge is 0.343 e. The van der Waals surface area contributed by atoms with E-state index in [4.69, 9.17) is 14.3 Å². The van der Waals surface area contributed by atoms with E-state index < -0.39 is 17.8 Å². The summed E-state index contributed by atoms with van der Waals surface area (Å²) in [6.07, 6.45) is 2.59. The SMILES string of the molecule is C=O.CC1=CC(=O)N(c2ccc(COc3ccc(OC(=O)c4ccc(N5C(=O)C=C(C)C5=O)cc4)cc3)cc2)C1=O. The second-order valence-electron chi connectivity index (χ2n) is 8.98. The zero-order valence-corrected chi connectivity index (χ0v) is 22.2. The van der Waals surface area contributed by atoms with Crippen molar-refractivity contribution in [2.75, 3.05) is 9.80 Å². The first-order chi connectivity index (χ1) is 19.7. The Kier molecular flexibility index (Phi) is 8.33. The maximum atomic E-state index is 12.5. The van der Waals surface area contributed by atoms with Crippen molar-refractivity contribution in [3.8, 4) is 11.5 Å². The molecule has 0 aliphatic carbocycles. The minimum Gasteiger partial charge on any atom is -0.489 e. The molecule has 10 nitrogen and oxygen atoms in total. The van der Waals surface area contributed by atoms with E-state index in [0.29, 0.717) is 34.0 Å². The number of amides is 4. The second kappa shape index (κ2) is 12.0. The van der Waals surface area contributed by atoms with Crippen molar-refractivity contribution in [2.24, 2.45) is 0 Å². The Bertz CT molecular complexity index is 1590. The van der Waals surface area contributed by atoms with Gasteiger partial charge in [0.05, 0.1) is 16.9 Å². The van der Waals surface area contributed by atoms with E-state index >= 15 is 0 Å². The van der Waals surface area contributed by atoms with Crippen LogP contribution in [0.1, 0.15) is 29.8 Å². The molecule has 4 amide bonds. The monoisotopic (exact) mass is 552 g/mol. The van der Waals surface area contributed by atoms with Crippen LogP contribution in [0.15, 0.2) is 96.1 Å². The maximum absolute atomic E-state index is 12.5. The Hall–Kier alpha value is -5.64. The first-order valence-electron chi connectivity index (χ1n) is 12.3. The van der Waals surface area contributed by atoms with Gasteiger partial charge in [-0.05, 0) is 80.1 Å². The fourth-order valence-electron chi connectivity index (χ4n) is 4.09. The van der Waals surface area contributed by atoms with E-state index in [9.17, 15) is 24.0 Å². The van der Waals surface area contributed by atoms with Gasteiger partial charge in [0.1, 0.15) is 24.9 Å². The summed E-state index contributed by atoms with van der Waals surface area (Å²) in [6.45, 7) is 5.43. The molecular weight excluding hydrogens is 528 g/mol. The topological polar surface area (TPSA) is 127 Å². The molecule has 10 heteroatoms. The van der Waals surface area contributed by atoms with Crippen molar-refractivity contribution in [3.63, 3.8) is 0 Å². The van der Waals surface area contributed by atoms with Crippen LogP contribution < -0.4 is 19.3 Å². The fraction of sp³-hybridized carbons (Fsp3) is 0.0968. The van der Waals surface area contributed by atoms with Gasteiger partial charge in [-0.2, -0.15) is 0 Å². The first kappa shape index (κ1) is 28.4. The molecule has 0 saturated heterocycles. The van der Waals surface area contributed by atoms with Crippen LogP contribution in [0.5, 0.6) is 11.5 Å². The molecule has 0 fully saturated rings. The molecule has 206 valence electrons. The molecule has 2 aliphatic heterocycles. The third-order valence-electron chi connectivity index (χ3n) is 6.20. The third-order valence-corrected chi connectivity index (χ3v) is 6.20. The van der Waals surface area contributed by atoms with Crippen molar-refractivity contribution >= 4 is 47.8 Å². The Morgan fingerprint density at radius 2 is 1.10 bits per heavy atom. The molecule has 0 radical (unpaired) electrons. The van der Waals surface area contributed by atoms with Crippen LogP contribution >= 0.6 is 0 Å². The predicted octanol–water partition coefficient (Wildman–Crippen LogP) is 3.94. The summed E-state index contributed by atoms with van der Waals surface area (Å²) in [6, 6.07) is 19.5. The minimum atomic E-state index is -0.593. The normalized spacial score (nSPS) is 14.4. The molecule has 0 aromatic heterocycles. The third kappa shape index (κ3) is 6.01. The van der Waals surface area contributed by atoms with E-state index in [2.05, 4.69) is 0 Å². The number of ether oxygens (including phenoxy) is 2. The maximum Gasteiger partial charge on any atom is 0.343 e. The summed E-state index contributed by atoms with van der Waals surface area (Å²) in [4.78, 5) is 71.0. The summed E-state index contributed by atoms with van der Waals surface area (Å²) >= 11 is 0. The number of nitrogens with zero attached hydrogens (tertiary/aromatic N) is 2. The number of carbonyl (C=O) groups excluding carboxylic acids is 6. The molecule has 2 heterocycles. The van der Waals surface area contributed by atoms with Crippen LogP contribution in [0.25, 0.3) is 0 Å². The number of imide groups is 2. The molecule has 5 rings (SSSR count). The predicted molar refractivity (Wildman–Crippen MR) is 148 cm³/mol. The van der Waals surface area contributed by atoms with Crippen LogP contribution in [-0.4, -0.2) is 36.4 Å². The Labute approximate surface area is 235 Å². The Morgan fingerprint density at radius 1 is 0.659 bits per heavy atom. The number of carbonyl (C=O) groups is 6. The lowest BCUT2D eigenvalue weighted by atomic mass is 10.2. The second-order valence-corrected chi connectivity index (χ2v) is 8.98. The van der Waals surface area contributed by atoms with E-state index in [0.717, 1.165) is 15.4 Å². The minimum absolute atomic E-state index is 0.252. The van der Waals surface area contributed by atoms with Crippen LogP contribution in [-0.2, 0) is 30.6 Å². The molecule has 0 bridgehead atoms. The van der Waals surface area contributed by atoms with Crippen LogP contribution in [0.2, 0.25) is 0 Å². The first-order valence-corrected chi connectivity index (χ1v) is 12.3. The van der Waals surface area contributed by atoms with Gasteiger partial charge in [0.15, 0.2) is 0 Å². The van der Waals surface area contributed by atoms with Crippen molar-refractivity contribution < 1.29 is 38.2 Å². The number of hydrogen-bond donors (Lipinski definition) is 0. The van der Waals surface area contributed by atoms with Crippen LogP contribution in [0, 0.1) is 0 Å². The van der Waals surface area contributed by atoms with Gasteiger partial charge < -0.3 is 14.3 Å². The average Bonchev–Trinajstić information content (AvgIpc) is 3.39. The molecule has 41 heavy (non-hydrogen) atoms.